The van der Waals surface area contributed by atoms with Gasteiger partial charge in [-0.3, -0.25) is 15.0 Å². The minimum absolute atomic E-state index is 0.140. The van der Waals surface area contributed by atoms with Crippen LogP contribution in [0.5, 0.6) is 0 Å². The number of aromatic nitrogens is 2. The molecule has 0 spiro atoms. The number of para-hydroxylation sites is 1. The number of nitrogens with zero attached hydrogens (tertiary/aromatic N) is 2. The number of nitrogens with two attached hydrogens (primary N) is 1. The smallest absolute Gasteiger partial charge is 0.286 e. The summed E-state index contributed by atoms with van der Waals surface area (Å²) in [4.78, 5) is 24.8. The molecule has 0 aliphatic carbocycles. The summed E-state index contributed by atoms with van der Waals surface area (Å²) in [6.45, 7) is 0. The number of carbonyl (C=O) groups is 1. The second-order valence-corrected chi connectivity index (χ2v) is 5.41. The summed E-state index contributed by atoms with van der Waals surface area (Å²) in [5, 5.41) is 7.00. The molecule has 22 heavy (non-hydrogen) atoms. The molecule has 112 valence electrons. The van der Waals surface area contributed by atoms with Gasteiger partial charge in [-0.15, -0.1) is 11.3 Å². The molecule has 2 heterocycles. The van der Waals surface area contributed by atoms with Gasteiger partial charge < -0.3 is 5.73 Å². The van der Waals surface area contributed by atoms with E-state index in [1.54, 1.807) is 36.7 Å². The molecule has 0 aliphatic heterocycles. The van der Waals surface area contributed by atoms with Gasteiger partial charge in [-0.05, 0) is 12.1 Å². The van der Waals surface area contributed by atoms with E-state index in [4.69, 9.17) is 5.73 Å². The Kier molecular flexibility index (Phi) is 3.61. The van der Waals surface area contributed by atoms with Crippen LogP contribution >= 0.6 is 11.3 Å². The van der Waals surface area contributed by atoms with Crippen LogP contribution in [0.1, 0.15) is 10.5 Å². The van der Waals surface area contributed by atoms with Crippen LogP contribution in [-0.2, 0) is 0 Å². The van der Waals surface area contributed by atoms with Gasteiger partial charge in [0.1, 0.15) is 0 Å². The van der Waals surface area contributed by atoms with Crippen molar-refractivity contribution in [2.45, 2.75) is 0 Å². The molecule has 0 saturated heterocycles. The molecule has 7 nitrogen and oxygen atoms in total. The minimum atomic E-state index is -0.435. The monoisotopic (exact) mass is 315 g/mol. The molecule has 0 fully saturated rings. The number of rotatable bonds is 3. The molecule has 0 unspecified atom stereocenters. The van der Waals surface area contributed by atoms with Crippen LogP contribution in [0.2, 0.25) is 0 Å². The number of hydrogen-bond acceptors (Lipinski definition) is 6. The number of anilines is 1. The number of hydrogen-bond donors (Lipinski definition) is 3. The van der Waals surface area contributed by atoms with Gasteiger partial charge in [0, 0.05) is 17.8 Å². The molecule has 3 aromatic rings. The average molecular weight is 315 g/mol. The summed E-state index contributed by atoms with van der Waals surface area (Å²) in [5.41, 5.74) is 11.3. The number of benzene rings is 1. The van der Waals surface area contributed by atoms with Crippen molar-refractivity contribution in [1.29, 1.82) is 0 Å². The van der Waals surface area contributed by atoms with Crippen molar-refractivity contribution in [3.05, 3.63) is 51.8 Å². The van der Waals surface area contributed by atoms with E-state index in [0.717, 1.165) is 0 Å². The van der Waals surface area contributed by atoms with E-state index in [-0.39, 0.29) is 11.3 Å². The Morgan fingerprint density at radius 3 is 2.73 bits per heavy atom. The topological polar surface area (TPSA) is 102 Å². The largest absolute Gasteiger partial charge is 0.390 e. The Morgan fingerprint density at radius 1 is 1.32 bits per heavy atom. The van der Waals surface area contributed by atoms with Gasteiger partial charge in [0.25, 0.3) is 11.5 Å². The quantitative estimate of drug-likeness (QED) is 0.623. The third-order valence-corrected chi connectivity index (χ3v) is 3.95. The predicted molar refractivity (Wildman–Crippen MR) is 86.2 cm³/mol. The Hall–Kier alpha value is -2.71. The Balaban J connectivity index is 2.34. The first kappa shape index (κ1) is 14.2. The SMILES string of the molecule is CNNC(=O)c1nn(-c2ccccc2)c(=O)c2c(N)scc12. The van der Waals surface area contributed by atoms with Crippen molar-refractivity contribution in [2.24, 2.45) is 0 Å². The third kappa shape index (κ3) is 2.24. The van der Waals surface area contributed by atoms with Gasteiger partial charge in [0.2, 0.25) is 0 Å². The first-order valence-electron chi connectivity index (χ1n) is 6.46. The molecule has 0 saturated carbocycles. The van der Waals surface area contributed by atoms with Crippen molar-refractivity contribution in [3.63, 3.8) is 0 Å². The molecule has 4 N–H and O–H groups in total. The summed E-state index contributed by atoms with van der Waals surface area (Å²) in [7, 11) is 1.57. The molecule has 0 atom stereocenters. The first-order valence-corrected chi connectivity index (χ1v) is 7.34. The maximum atomic E-state index is 12.6. The van der Waals surface area contributed by atoms with Crippen LogP contribution in [-0.4, -0.2) is 22.7 Å². The van der Waals surface area contributed by atoms with E-state index in [1.807, 2.05) is 6.07 Å². The van der Waals surface area contributed by atoms with Gasteiger partial charge in [0.05, 0.1) is 16.1 Å². The molecule has 1 amide bonds. The minimum Gasteiger partial charge on any atom is -0.390 e. The second-order valence-electron chi connectivity index (χ2n) is 4.49. The third-order valence-electron chi connectivity index (χ3n) is 3.14. The fourth-order valence-corrected chi connectivity index (χ4v) is 2.95. The summed E-state index contributed by atoms with van der Waals surface area (Å²) in [6, 6.07) is 8.89. The number of fused-ring (bicyclic) bond motifs is 1. The summed E-state index contributed by atoms with van der Waals surface area (Å²) >= 11 is 1.21. The van der Waals surface area contributed by atoms with E-state index in [9.17, 15) is 9.59 Å². The summed E-state index contributed by atoms with van der Waals surface area (Å²) in [6.07, 6.45) is 0. The zero-order valence-corrected chi connectivity index (χ0v) is 12.5. The average Bonchev–Trinajstić information content (AvgIpc) is 2.91. The molecule has 3 rings (SSSR count). The van der Waals surface area contributed by atoms with Gasteiger partial charge in [-0.25, -0.2) is 5.43 Å². The van der Waals surface area contributed by atoms with Crippen LogP contribution in [0.3, 0.4) is 0 Å². The fraction of sp³-hybridized carbons (Fsp3) is 0.0714. The van der Waals surface area contributed by atoms with Gasteiger partial charge in [-0.2, -0.15) is 9.78 Å². The van der Waals surface area contributed by atoms with E-state index in [2.05, 4.69) is 16.0 Å². The van der Waals surface area contributed by atoms with Crippen molar-refractivity contribution in [1.82, 2.24) is 20.6 Å². The van der Waals surface area contributed by atoms with Gasteiger partial charge in [0.15, 0.2) is 5.69 Å². The molecule has 8 heteroatoms. The molecule has 0 radical (unpaired) electrons. The molecule has 0 bridgehead atoms. The lowest BCUT2D eigenvalue weighted by atomic mass is 10.2. The Morgan fingerprint density at radius 2 is 2.05 bits per heavy atom. The van der Waals surface area contributed by atoms with Crippen LogP contribution in [0.15, 0.2) is 40.5 Å². The number of nitrogens with one attached hydrogen (secondary N) is 2. The summed E-state index contributed by atoms with van der Waals surface area (Å²) in [5.74, 6) is -0.435. The second kappa shape index (κ2) is 5.58. The molecular formula is C14H13N5O2S. The molecule has 2 aromatic heterocycles. The highest BCUT2D eigenvalue weighted by atomic mass is 32.1. The van der Waals surface area contributed by atoms with Gasteiger partial charge in [-0.1, -0.05) is 18.2 Å². The first-order chi connectivity index (χ1) is 10.6. The number of carbonyl (C=O) groups excluding carboxylic acids is 1. The molecule has 1 aromatic carbocycles. The molecular weight excluding hydrogens is 302 g/mol. The van der Waals surface area contributed by atoms with Gasteiger partial charge >= 0.3 is 0 Å². The lowest BCUT2D eigenvalue weighted by Gasteiger charge is -2.09. The van der Waals surface area contributed by atoms with Crippen molar-refractivity contribution < 1.29 is 4.79 Å². The van der Waals surface area contributed by atoms with Crippen LogP contribution < -0.4 is 22.1 Å². The highest BCUT2D eigenvalue weighted by Crippen LogP contribution is 2.27. The number of nitrogen functional groups attached to an aromatic ring is 1. The van der Waals surface area contributed by atoms with Crippen LogP contribution in [0.25, 0.3) is 16.5 Å². The standard InChI is InChI=1S/C14H13N5O2S/c1-16-17-13(20)11-9-7-22-12(15)10(9)14(21)19(18-11)8-5-3-2-4-6-8/h2-7,16H,15H2,1H3,(H,17,20). The number of thiophene rings is 1. The van der Waals surface area contributed by atoms with Crippen LogP contribution in [0, 0.1) is 0 Å². The van der Waals surface area contributed by atoms with Crippen LogP contribution in [0.4, 0.5) is 5.00 Å². The maximum absolute atomic E-state index is 12.6. The highest BCUT2D eigenvalue weighted by Gasteiger charge is 2.20. The highest BCUT2D eigenvalue weighted by molar-refractivity contribution is 7.15. The molecule has 0 aliphatic rings. The number of amides is 1. The zero-order valence-electron chi connectivity index (χ0n) is 11.7. The lowest BCUT2D eigenvalue weighted by molar-refractivity contribution is 0.0933. The fourth-order valence-electron chi connectivity index (χ4n) is 2.16. The van der Waals surface area contributed by atoms with Crippen molar-refractivity contribution >= 4 is 33.0 Å². The Bertz CT molecular complexity index is 901. The van der Waals surface area contributed by atoms with E-state index < -0.39 is 5.91 Å². The maximum Gasteiger partial charge on any atom is 0.286 e. The number of hydrazine groups is 1. The predicted octanol–water partition coefficient (Wildman–Crippen LogP) is 0.894. The lowest BCUT2D eigenvalue weighted by Crippen LogP contribution is -2.36. The zero-order chi connectivity index (χ0) is 15.7. The van der Waals surface area contributed by atoms with E-state index in [1.165, 1.54) is 16.0 Å². The normalized spacial score (nSPS) is 10.8. The van der Waals surface area contributed by atoms with Crippen molar-refractivity contribution in [2.75, 3.05) is 12.8 Å². The Labute approximate surface area is 129 Å². The van der Waals surface area contributed by atoms with E-state index in [0.29, 0.717) is 21.5 Å². The van der Waals surface area contributed by atoms with Crippen molar-refractivity contribution in [3.8, 4) is 5.69 Å². The van der Waals surface area contributed by atoms with E-state index >= 15 is 0 Å². The summed E-state index contributed by atoms with van der Waals surface area (Å²) < 4.78 is 1.19.